The molecule has 140 valence electrons. The van der Waals surface area contributed by atoms with Gasteiger partial charge in [-0.05, 0) is 40.2 Å². The van der Waals surface area contributed by atoms with Crippen LogP contribution in [0.3, 0.4) is 0 Å². The predicted octanol–water partition coefficient (Wildman–Crippen LogP) is 2.21. The van der Waals surface area contributed by atoms with E-state index in [4.69, 9.17) is 9.47 Å². The molecule has 2 rings (SSSR count). The van der Waals surface area contributed by atoms with Crippen molar-refractivity contribution in [3.8, 4) is 0 Å². The van der Waals surface area contributed by atoms with Crippen LogP contribution in [0, 0.1) is 0 Å². The molecule has 1 aliphatic rings. The number of morpholine rings is 1. The van der Waals surface area contributed by atoms with Gasteiger partial charge in [-0.2, -0.15) is 0 Å². The van der Waals surface area contributed by atoms with Crippen molar-refractivity contribution in [3.05, 3.63) is 28.7 Å². The Hall–Kier alpha value is -2.02. The minimum Gasteiger partial charge on any atom is -0.444 e. The molecular weight excluding hydrogens is 322 g/mol. The van der Waals surface area contributed by atoms with Gasteiger partial charge in [-0.25, -0.2) is 4.79 Å². The minimum absolute atomic E-state index is 0.0429. The number of ether oxygens (including phenoxy) is 2. The fourth-order valence-electron chi connectivity index (χ4n) is 2.84. The van der Waals surface area contributed by atoms with Crippen molar-refractivity contribution < 1.29 is 14.3 Å². The summed E-state index contributed by atoms with van der Waals surface area (Å²) in [5.74, 6) is 0. The van der Waals surface area contributed by atoms with Crippen LogP contribution in [0.15, 0.2) is 23.1 Å². The lowest BCUT2D eigenvalue weighted by molar-refractivity contribution is -0.0345. The molecule has 1 aliphatic heterocycles. The van der Waals surface area contributed by atoms with E-state index < -0.39 is 5.60 Å². The molecule has 1 fully saturated rings. The van der Waals surface area contributed by atoms with E-state index in [-0.39, 0.29) is 23.7 Å². The number of carbonyl (C=O) groups is 1. The Morgan fingerprint density at radius 3 is 2.80 bits per heavy atom. The molecular formula is C18H29N3O4. The third-order valence-electron chi connectivity index (χ3n) is 3.98. The topological polar surface area (TPSA) is 72.8 Å². The lowest BCUT2D eigenvalue weighted by Crippen LogP contribution is -2.51. The predicted molar refractivity (Wildman–Crippen MR) is 96.9 cm³/mol. The van der Waals surface area contributed by atoms with Crippen molar-refractivity contribution in [2.75, 3.05) is 25.1 Å². The summed E-state index contributed by atoms with van der Waals surface area (Å²) in [7, 11) is 1.72. The van der Waals surface area contributed by atoms with Crippen LogP contribution in [0.5, 0.6) is 0 Å². The summed E-state index contributed by atoms with van der Waals surface area (Å²) in [6.07, 6.45) is 2.19. The molecule has 0 bridgehead atoms. The highest BCUT2D eigenvalue weighted by molar-refractivity contribution is 5.68. The zero-order valence-corrected chi connectivity index (χ0v) is 15.7. The first-order chi connectivity index (χ1) is 11.7. The summed E-state index contributed by atoms with van der Waals surface area (Å²) in [5, 5.41) is 3.37. The maximum Gasteiger partial charge on any atom is 0.410 e. The van der Waals surface area contributed by atoms with Crippen LogP contribution in [0.2, 0.25) is 0 Å². The van der Waals surface area contributed by atoms with E-state index in [1.54, 1.807) is 24.2 Å². The second-order valence-electron chi connectivity index (χ2n) is 7.55. The zero-order chi connectivity index (χ0) is 18.6. The van der Waals surface area contributed by atoms with Gasteiger partial charge in [0.15, 0.2) is 0 Å². The Balaban J connectivity index is 1.98. The fraction of sp³-hybridized carbons (Fsp3) is 0.667. The van der Waals surface area contributed by atoms with Crippen LogP contribution in [-0.4, -0.2) is 53.0 Å². The maximum absolute atomic E-state index is 12.4. The Morgan fingerprint density at radius 1 is 1.44 bits per heavy atom. The van der Waals surface area contributed by atoms with Gasteiger partial charge < -0.3 is 24.3 Å². The quantitative estimate of drug-likeness (QED) is 0.900. The second kappa shape index (κ2) is 7.91. The number of anilines is 1. The van der Waals surface area contributed by atoms with Gasteiger partial charge in [0, 0.05) is 31.9 Å². The molecule has 25 heavy (non-hydrogen) atoms. The van der Waals surface area contributed by atoms with Crippen molar-refractivity contribution in [3.63, 3.8) is 0 Å². The molecule has 1 saturated heterocycles. The smallest absolute Gasteiger partial charge is 0.410 e. The number of rotatable bonds is 4. The molecule has 1 N–H and O–H groups in total. The van der Waals surface area contributed by atoms with E-state index in [0.717, 1.165) is 12.1 Å². The first-order valence-corrected chi connectivity index (χ1v) is 8.66. The summed E-state index contributed by atoms with van der Waals surface area (Å²) < 4.78 is 12.6. The van der Waals surface area contributed by atoms with Crippen LogP contribution in [-0.2, 0) is 16.5 Å². The van der Waals surface area contributed by atoms with Crippen molar-refractivity contribution >= 4 is 11.8 Å². The van der Waals surface area contributed by atoms with Crippen LogP contribution in [0.4, 0.5) is 10.5 Å². The van der Waals surface area contributed by atoms with E-state index in [9.17, 15) is 9.59 Å². The molecule has 1 aromatic heterocycles. The van der Waals surface area contributed by atoms with Gasteiger partial charge in [0.25, 0.3) is 0 Å². The summed E-state index contributed by atoms with van der Waals surface area (Å²) >= 11 is 0. The van der Waals surface area contributed by atoms with Gasteiger partial charge in [-0.1, -0.05) is 0 Å². The number of hydrogen-bond donors (Lipinski definition) is 1. The molecule has 2 heterocycles. The average Bonchev–Trinajstić information content (AvgIpc) is 2.49. The highest BCUT2D eigenvalue weighted by Crippen LogP contribution is 2.19. The summed E-state index contributed by atoms with van der Waals surface area (Å²) in [6, 6.07) is 3.36. The molecule has 0 spiro atoms. The molecule has 0 saturated carbocycles. The number of nitrogens with zero attached hydrogens (tertiary/aromatic N) is 2. The summed E-state index contributed by atoms with van der Waals surface area (Å²) in [6.45, 7) is 9.20. The molecule has 7 heteroatoms. The number of amides is 1. The first-order valence-electron chi connectivity index (χ1n) is 8.66. The van der Waals surface area contributed by atoms with Gasteiger partial charge in [0.1, 0.15) is 5.60 Å². The molecule has 1 amide bonds. The number of carbonyl (C=O) groups excluding carboxylic acids is 1. The standard InChI is InChI=1S/C18H29N3O4/c1-13(19-14-6-7-16(22)20(5)11-14)10-15-12-24-9-8-21(15)17(23)25-18(2,3)4/h6-7,11,13,15,19H,8-10,12H2,1-5H3. The van der Waals surface area contributed by atoms with Gasteiger partial charge in [-0.15, -0.1) is 0 Å². The monoisotopic (exact) mass is 351 g/mol. The number of hydrogen-bond acceptors (Lipinski definition) is 5. The SMILES string of the molecule is CC(CC1COCCN1C(=O)OC(C)(C)C)Nc1ccc(=O)n(C)c1. The van der Waals surface area contributed by atoms with Gasteiger partial charge in [-0.3, -0.25) is 4.79 Å². The number of pyridine rings is 1. The highest BCUT2D eigenvalue weighted by Gasteiger charge is 2.31. The van der Waals surface area contributed by atoms with E-state index >= 15 is 0 Å². The van der Waals surface area contributed by atoms with Crippen molar-refractivity contribution in [1.82, 2.24) is 9.47 Å². The van der Waals surface area contributed by atoms with Crippen molar-refractivity contribution in [1.29, 1.82) is 0 Å². The van der Waals surface area contributed by atoms with Gasteiger partial charge in [0.2, 0.25) is 5.56 Å². The molecule has 0 aromatic carbocycles. The molecule has 2 atom stereocenters. The number of nitrogens with one attached hydrogen (secondary N) is 1. The largest absolute Gasteiger partial charge is 0.444 e. The second-order valence-corrected chi connectivity index (χ2v) is 7.55. The highest BCUT2D eigenvalue weighted by atomic mass is 16.6. The van der Waals surface area contributed by atoms with Crippen molar-refractivity contribution in [2.45, 2.75) is 51.8 Å². The molecule has 0 aliphatic carbocycles. The Bertz CT molecular complexity index is 650. The first kappa shape index (κ1) is 19.3. The van der Waals surface area contributed by atoms with Crippen LogP contribution in [0.1, 0.15) is 34.1 Å². The van der Waals surface area contributed by atoms with Crippen LogP contribution < -0.4 is 10.9 Å². The maximum atomic E-state index is 12.4. The van der Waals surface area contributed by atoms with Crippen molar-refractivity contribution in [2.24, 2.45) is 7.05 Å². The number of aryl methyl sites for hydroxylation is 1. The molecule has 1 aromatic rings. The summed E-state index contributed by atoms with van der Waals surface area (Å²) in [5.41, 5.74) is 0.309. The van der Waals surface area contributed by atoms with E-state index in [0.29, 0.717) is 19.8 Å². The molecule has 0 radical (unpaired) electrons. The van der Waals surface area contributed by atoms with Crippen LogP contribution in [0.25, 0.3) is 0 Å². The Labute approximate surface area is 148 Å². The summed E-state index contributed by atoms with van der Waals surface area (Å²) in [4.78, 5) is 25.7. The minimum atomic E-state index is -0.515. The third kappa shape index (κ3) is 5.77. The zero-order valence-electron chi connectivity index (χ0n) is 15.7. The average molecular weight is 351 g/mol. The van der Waals surface area contributed by atoms with Crippen LogP contribution >= 0.6 is 0 Å². The fourth-order valence-corrected chi connectivity index (χ4v) is 2.84. The lowest BCUT2D eigenvalue weighted by atomic mass is 10.1. The van der Waals surface area contributed by atoms with E-state index in [2.05, 4.69) is 5.32 Å². The van der Waals surface area contributed by atoms with Gasteiger partial charge in [0.05, 0.1) is 24.9 Å². The lowest BCUT2D eigenvalue weighted by Gasteiger charge is -2.37. The number of aromatic nitrogens is 1. The van der Waals surface area contributed by atoms with Gasteiger partial charge >= 0.3 is 6.09 Å². The third-order valence-corrected chi connectivity index (χ3v) is 3.98. The normalized spacial score (nSPS) is 19.4. The Kier molecular flexibility index (Phi) is 6.11. The van der Waals surface area contributed by atoms with E-state index in [1.165, 1.54) is 10.6 Å². The molecule has 2 unspecified atom stereocenters. The molecule has 7 nitrogen and oxygen atoms in total. The van der Waals surface area contributed by atoms with E-state index in [1.807, 2.05) is 27.7 Å². The Morgan fingerprint density at radius 2 is 2.16 bits per heavy atom.